The molecule has 3 nitrogen and oxygen atoms in total. The van der Waals surface area contributed by atoms with Gasteiger partial charge in [0.1, 0.15) is 5.82 Å². The number of hydrogen-bond acceptors (Lipinski definition) is 3. The fraction of sp³-hybridized carbons (Fsp3) is 0.517. The molecule has 0 saturated carbocycles. The molecule has 1 unspecified atom stereocenters. The second-order valence-corrected chi connectivity index (χ2v) is 9.77. The third-order valence-electron chi connectivity index (χ3n) is 7.47. The van der Waals surface area contributed by atoms with Gasteiger partial charge in [0.25, 0.3) is 0 Å². The van der Waals surface area contributed by atoms with Crippen LogP contribution in [0.5, 0.6) is 0 Å². The number of halogens is 1. The first-order valence-corrected chi connectivity index (χ1v) is 12.3. The number of benzene rings is 1. The molecule has 3 rings (SSSR count). The van der Waals surface area contributed by atoms with Crippen molar-refractivity contribution >= 4 is 0 Å². The standard InChI is InChI=1S/C29H40FN3/c1-7-31-33-20-12-16-29(33,6)24(5)27(22(2)3)21-26-15-14-25(23(4)28(26)30)13-11-19-32-17-9-8-10-18-32/h7,14-15,31H,1-2,8-10,12,16-21H2,3-6H3/b27-24+. The molecule has 1 N–H and O–H groups in total. The Kier molecular flexibility index (Phi) is 8.57. The highest BCUT2D eigenvalue weighted by atomic mass is 19.1. The van der Waals surface area contributed by atoms with Crippen LogP contribution in [0, 0.1) is 24.6 Å². The molecule has 2 aliphatic rings. The molecular formula is C29H40FN3. The molecule has 1 aromatic rings. The van der Waals surface area contributed by atoms with Crippen molar-refractivity contribution in [2.24, 2.45) is 0 Å². The maximum absolute atomic E-state index is 15.4. The van der Waals surface area contributed by atoms with E-state index < -0.39 is 0 Å². The summed E-state index contributed by atoms with van der Waals surface area (Å²) in [5.74, 6) is 6.32. The van der Waals surface area contributed by atoms with Crippen LogP contribution in [0.15, 0.2) is 48.2 Å². The number of hydrogen-bond donors (Lipinski definition) is 1. The van der Waals surface area contributed by atoms with Crippen LogP contribution >= 0.6 is 0 Å². The lowest BCUT2D eigenvalue weighted by molar-refractivity contribution is 0.145. The lowest BCUT2D eigenvalue weighted by atomic mass is 9.83. The van der Waals surface area contributed by atoms with Crippen molar-refractivity contribution in [3.05, 3.63) is 70.7 Å². The minimum atomic E-state index is -0.149. The van der Waals surface area contributed by atoms with E-state index in [0.717, 1.165) is 55.7 Å². The molecular weight excluding hydrogens is 409 g/mol. The van der Waals surface area contributed by atoms with E-state index in [2.05, 4.69) is 54.2 Å². The summed E-state index contributed by atoms with van der Waals surface area (Å²) in [5, 5.41) is 2.24. The summed E-state index contributed by atoms with van der Waals surface area (Å²) >= 11 is 0. The Bertz CT molecular complexity index is 975. The van der Waals surface area contributed by atoms with Gasteiger partial charge in [-0.1, -0.05) is 43.1 Å². The van der Waals surface area contributed by atoms with Crippen molar-refractivity contribution in [1.29, 1.82) is 0 Å². The third kappa shape index (κ3) is 5.78. The first-order valence-electron chi connectivity index (χ1n) is 12.3. The largest absolute Gasteiger partial charge is 0.326 e. The maximum Gasteiger partial charge on any atom is 0.130 e. The van der Waals surface area contributed by atoms with Gasteiger partial charge in [0.15, 0.2) is 0 Å². The summed E-state index contributed by atoms with van der Waals surface area (Å²) in [6, 6.07) is 3.88. The number of nitrogens with one attached hydrogen (secondary N) is 1. The normalized spacial score (nSPS) is 22.3. The predicted molar refractivity (Wildman–Crippen MR) is 137 cm³/mol. The summed E-state index contributed by atoms with van der Waals surface area (Å²) in [6.45, 7) is 20.3. The number of rotatable bonds is 7. The van der Waals surface area contributed by atoms with Gasteiger partial charge in [0, 0.05) is 30.3 Å². The topological polar surface area (TPSA) is 18.5 Å². The number of allylic oxidation sites excluding steroid dienone is 2. The van der Waals surface area contributed by atoms with Gasteiger partial charge in [0.2, 0.25) is 0 Å². The number of likely N-dealkylation sites (tertiary alicyclic amines) is 1. The smallest absolute Gasteiger partial charge is 0.130 e. The quantitative estimate of drug-likeness (QED) is 0.412. The van der Waals surface area contributed by atoms with Gasteiger partial charge in [0.05, 0.1) is 12.1 Å². The van der Waals surface area contributed by atoms with E-state index in [1.165, 1.54) is 24.8 Å². The third-order valence-corrected chi connectivity index (χ3v) is 7.47. The Morgan fingerprint density at radius 1 is 1.18 bits per heavy atom. The molecule has 0 spiro atoms. The monoisotopic (exact) mass is 449 g/mol. The Hall–Kier alpha value is -2.35. The van der Waals surface area contributed by atoms with Crippen molar-refractivity contribution in [2.45, 2.75) is 71.8 Å². The number of nitrogens with zero attached hydrogens (tertiary/aromatic N) is 2. The highest BCUT2D eigenvalue weighted by Crippen LogP contribution is 2.38. The Balaban J connectivity index is 1.83. The molecule has 4 heteroatoms. The Labute approximate surface area is 200 Å². The average molecular weight is 450 g/mol. The van der Waals surface area contributed by atoms with Crippen LogP contribution in [0.3, 0.4) is 0 Å². The molecule has 1 atom stereocenters. The van der Waals surface area contributed by atoms with Crippen molar-refractivity contribution in [2.75, 3.05) is 26.2 Å². The molecule has 2 heterocycles. The molecule has 0 aliphatic carbocycles. The summed E-state index contributed by atoms with van der Waals surface area (Å²) in [4.78, 5) is 2.39. The molecule has 0 aromatic heterocycles. The second-order valence-electron chi connectivity index (χ2n) is 9.77. The number of piperidine rings is 1. The molecule has 2 fully saturated rings. The van der Waals surface area contributed by atoms with Gasteiger partial charge in [-0.05, 0) is 89.2 Å². The SMILES string of the molecule is C=CNN1CCCC1(C)/C(C)=C(\Cc1ccc(C#CCN2CCCCC2)c(C)c1F)C(=C)C. The molecule has 0 bridgehead atoms. The van der Waals surface area contributed by atoms with Crippen LogP contribution in [0.2, 0.25) is 0 Å². The molecule has 33 heavy (non-hydrogen) atoms. The van der Waals surface area contributed by atoms with E-state index >= 15 is 4.39 Å². The van der Waals surface area contributed by atoms with E-state index in [1.807, 2.05) is 26.0 Å². The molecule has 0 radical (unpaired) electrons. The summed E-state index contributed by atoms with van der Waals surface area (Å²) in [7, 11) is 0. The van der Waals surface area contributed by atoms with Crippen LogP contribution in [-0.2, 0) is 6.42 Å². The fourth-order valence-electron chi connectivity index (χ4n) is 5.17. The van der Waals surface area contributed by atoms with Gasteiger partial charge in [-0.3, -0.25) is 4.90 Å². The van der Waals surface area contributed by atoms with E-state index in [0.29, 0.717) is 17.5 Å². The van der Waals surface area contributed by atoms with Gasteiger partial charge in [-0.2, -0.15) is 0 Å². The van der Waals surface area contributed by atoms with Gasteiger partial charge in [-0.25, -0.2) is 9.40 Å². The summed E-state index contributed by atoms with van der Waals surface area (Å²) in [6.07, 6.45) is 8.24. The first kappa shape index (κ1) is 25.3. The highest BCUT2D eigenvalue weighted by Gasteiger charge is 2.39. The van der Waals surface area contributed by atoms with Crippen LogP contribution < -0.4 is 5.43 Å². The first-order chi connectivity index (χ1) is 15.8. The lowest BCUT2D eigenvalue weighted by Crippen LogP contribution is -2.48. The Morgan fingerprint density at radius 2 is 1.91 bits per heavy atom. The molecule has 1 aromatic carbocycles. The maximum atomic E-state index is 15.4. The highest BCUT2D eigenvalue weighted by molar-refractivity contribution is 5.47. The molecule has 2 aliphatic heterocycles. The zero-order valence-electron chi connectivity index (χ0n) is 21.0. The van der Waals surface area contributed by atoms with E-state index in [-0.39, 0.29) is 11.4 Å². The van der Waals surface area contributed by atoms with E-state index in [9.17, 15) is 0 Å². The molecule has 178 valence electrons. The van der Waals surface area contributed by atoms with Crippen molar-refractivity contribution in [1.82, 2.24) is 15.3 Å². The van der Waals surface area contributed by atoms with E-state index in [1.54, 1.807) is 6.20 Å². The lowest BCUT2D eigenvalue weighted by Gasteiger charge is -2.37. The van der Waals surface area contributed by atoms with E-state index in [4.69, 9.17) is 0 Å². The van der Waals surface area contributed by atoms with Crippen molar-refractivity contribution in [3.63, 3.8) is 0 Å². The van der Waals surface area contributed by atoms with Gasteiger partial charge < -0.3 is 5.43 Å². The second kappa shape index (κ2) is 11.2. The Morgan fingerprint density at radius 3 is 2.58 bits per heavy atom. The average Bonchev–Trinajstić information content (AvgIpc) is 3.18. The zero-order valence-corrected chi connectivity index (χ0v) is 21.0. The van der Waals surface area contributed by atoms with Gasteiger partial charge in [-0.15, -0.1) is 0 Å². The minimum absolute atomic E-state index is 0.145. The van der Waals surface area contributed by atoms with Gasteiger partial charge >= 0.3 is 0 Å². The minimum Gasteiger partial charge on any atom is -0.326 e. The van der Waals surface area contributed by atoms with Crippen LogP contribution in [-0.4, -0.2) is 41.6 Å². The summed E-state index contributed by atoms with van der Waals surface area (Å²) in [5.41, 5.74) is 8.62. The van der Waals surface area contributed by atoms with Crippen LogP contribution in [0.1, 0.15) is 69.6 Å². The van der Waals surface area contributed by atoms with Crippen LogP contribution in [0.25, 0.3) is 0 Å². The molecule has 0 amide bonds. The fourth-order valence-corrected chi connectivity index (χ4v) is 5.17. The van der Waals surface area contributed by atoms with Crippen molar-refractivity contribution in [3.8, 4) is 11.8 Å². The summed E-state index contributed by atoms with van der Waals surface area (Å²) < 4.78 is 15.4. The molecule has 2 saturated heterocycles. The van der Waals surface area contributed by atoms with Crippen LogP contribution in [0.4, 0.5) is 4.39 Å². The number of hydrazine groups is 1. The zero-order chi connectivity index (χ0) is 24.0. The van der Waals surface area contributed by atoms with Crippen molar-refractivity contribution < 1.29 is 4.39 Å². The predicted octanol–water partition coefficient (Wildman–Crippen LogP) is 5.91.